The molecule has 1 N–H and O–H groups in total. The summed E-state index contributed by atoms with van der Waals surface area (Å²) in [5, 5.41) is 9.05. The predicted octanol–water partition coefficient (Wildman–Crippen LogP) is 3.64. The highest BCUT2D eigenvalue weighted by Crippen LogP contribution is 2.39. The number of likely N-dealkylation sites (tertiary alicyclic amines) is 1. The monoisotopic (exact) mass is 465 g/mol. The molecule has 1 aromatic carbocycles. The number of halogens is 2. The zero-order valence-electron chi connectivity index (χ0n) is 16.9. The highest BCUT2D eigenvalue weighted by Gasteiger charge is 2.40. The van der Waals surface area contributed by atoms with Crippen LogP contribution in [0.4, 0.5) is 4.39 Å². The van der Waals surface area contributed by atoms with Gasteiger partial charge in [-0.25, -0.2) is 9.37 Å². The number of nitrogens with zero attached hydrogens (tertiary/aromatic N) is 3. The van der Waals surface area contributed by atoms with Crippen LogP contribution in [-0.4, -0.2) is 49.6 Å². The van der Waals surface area contributed by atoms with Crippen LogP contribution in [0.2, 0.25) is 0 Å². The van der Waals surface area contributed by atoms with Gasteiger partial charge in [-0.05, 0) is 37.0 Å². The summed E-state index contributed by atoms with van der Waals surface area (Å²) in [5.74, 6) is -0.707. The molecule has 2 aromatic rings. The Morgan fingerprint density at radius 3 is 2.71 bits per heavy atom. The van der Waals surface area contributed by atoms with E-state index in [2.05, 4.69) is 17.6 Å². The SMILES string of the molecule is Cl.O=C(O)Cn1ccnc1/C=C1\CN(C(C(=O)C2CC2)c2ccccc2F)CCC1S. The number of Topliss-reactive ketones (excluding diaryl/α,β-unsaturated/α-hetero) is 1. The Labute approximate surface area is 192 Å². The zero-order valence-corrected chi connectivity index (χ0v) is 18.6. The van der Waals surface area contributed by atoms with E-state index in [1.807, 2.05) is 11.0 Å². The summed E-state index contributed by atoms with van der Waals surface area (Å²) in [7, 11) is 0. The largest absolute Gasteiger partial charge is 0.480 e. The Bertz CT molecular complexity index is 992. The number of carboxylic acids is 1. The minimum Gasteiger partial charge on any atom is -0.480 e. The Balaban J connectivity index is 0.00000272. The average Bonchev–Trinajstić information content (AvgIpc) is 3.48. The zero-order chi connectivity index (χ0) is 21.3. The van der Waals surface area contributed by atoms with Gasteiger partial charge in [0.25, 0.3) is 0 Å². The predicted molar refractivity (Wildman–Crippen MR) is 121 cm³/mol. The van der Waals surface area contributed by atoms with Gasteiger partial charge in [-0.3, -0.25) is 14.5 Å². The van der Waals surface area contributed by atoms with Crippen molar-refractivity contribution in [3.05, 3.63) is 59.4 Å². The van der Waals surface area contributed by atoms with Gasteiger partial charge in [0.15, 0.2) is 5.78 Å². The van der Waals surface area contributed by atoms with Gasteiger partial charge >= 0.3 is 5.97 Å². The molecule has 4 rings (SSSR count). The molecule has 9 heteroatoms. The number of imidazole rings is 1. The van der Waals surface area contributed by atoms with E-state index in [0.717, 1.165) is 18.4 Å². The van der Waals surface area contributed by atoms with Crippen LogP contribution in [0.25, 0.3) is 6.08 Å². The van der Waals surface area contributed by atoms with Gasteiger partial charge in [-0.15, -0.1) is 12.4 Å². The van der Waals surface area contributed by atoms with E-state index in [1.165, 1.54) is 6.07 Å². The van der Waals surface area contributed by atoms with Crippen molar-refractivity contribution >= 4 is 42.9 Å². The molecule has 1 aromatic heterocycles. The first-order valence-corrected chi connectivity index (χ1v) is 10.6. The first kappa shape index (κ1) is 23.5. The van der Waals surface area contributed by atoms with Gasteiger partial charge in [0.2, 0.25) is 0 Å². The first-order chi connectivity index (χ1) is 14.4. The lowest BCUT2D eigenvalue weighted by Crippen LogP contribution is -2.42. The van der Waals surface area contributed by atoms with Gasteiger partial charge in [0.1, 0.15) is 18.2 Å². The number of piperidine rings is 1. The topological polar surface area (TPSA) is 75.4 Å². The summed E-state index contributed by atoms with van der Waals surface area (Å²) < 4.78 is 16.2. The quantitative estimate of drug-likeness (QED) is 0.611. The maximum absolute atomic E-state index is 14.6. The molecule has 2 fully saturated rings. The molecule has 0 spiro atoms. The van der Waals surface area contributed by atoms with Crippen molar-refractivity contribution in [3.8, 4) is 0 Å². The number of rotatable bonds is 7. The molecule has 1 saturated heterocycles. The average molecular weight is 466 g/mol. The second-order valence-electron chi connectivity index (χ2n) is 7.90. The fourth-order valence-corrected chi connectivity index (χ4v) is 4.25. The maximum atomic E-state index is 14.6. The number of aliphatic carboxylic acids is 1. The van der Waals surface area contributed by atoms with Crippen molar-refractivity contribution in [2.24, 2.45) is 5.92 Å². The first-order valence-electron chi connectivity index (χ1n) is 10.1. The molecular weight excluding hydrogens is 441 g/mol. The van der Waals surface area contributed by atoms with Gasteiger partial charge in [0.05, 0.1) is 6.04 Å². The standard InChI is InChI=1S/C22H24FN3O3S.ClH/c23-17-4-2-1-3-16(17)21(22(29)14-5-6-14)26-9-7-18(30)15(12-26)11-19-24-8-10-25(19)13-20(27)28;/h1-4,8,10-11,14,18,21,30H,5-7,9,12-13H2,(H,27,28);1H/b15-11+;. The van der Waals surface area contributed by atoms with Gasteiger partial charge in [-0.2, -0.15) is 12.6 Å². The van der Waals surface area contributed by atoms with E-state index in [1.54, 1.807) is 35.2 Å². The van der Waals surface area contributed by atoms with Crippen LogP contribution in [0.5, 0.6) is 0 Å². The molecule has 2 unspecified atom stereocenters. The minimum atomic E-state index is -0.949. The lowest BCUT2D eigenvalue weighted by atomic mass is 9.93. The normalized spacial score (nSPS) is 21.5. The van der Waals surface area contributed by atoms with Crippen molar-refractivity contribution in [3.63, 3.8) is 0 Å². The van der Waals surface area contributed by atoms with Gasteiger partial charge in [-0.1, -0.05) is 18.2 Å². The number of carboxylic acid groups (broad SMARTS) is 1. The van der Waals surface area contributed by atoms with Gasteiger partial charge in [0, 0.05) is 42.2 Å². The number of thiol groups is 1. The summed E-state index contributed by atoms with van der Waals surface area (Å²) in [5.41, 5.74) is 1.35. The van der Waals surface area contributed by atoms with Crippen LogP contribution in [0.3, 0.4) is 0 Å². The van der Waals surface area contributed by atoms with Crippen LogP contribution in [0.15, 0.2) is 42.2 Å². The third-order valence-corrected chi connectivity index (χ3v) is 6.28. The Morgan fingerprint density at radius 2 is 2.03 bits per heavy atom. The molecule has 0 amide bonds. The van der Waals surface area contributed by atoms with Crippen LogP contribution in [-0.2, 0) is 16.1 Å². The lowest BCUT2D eigenvalue weighted by Gasteiger charge is -2.37. The second-order valence-corrected chi connectivity index (χ2v) is 8.53. The fourth-order valence-electron chi connectivity index (χ4n) is 3.98. The van der Waals surface area contributed by atoms with Gasteiger partial charge < -0.3 is 9.67 Å². The smallest absolute Gasteiger partial charge is 0.323 e. The third kappa shape index (κ3) is 5.37. The Hall–Kier alpha value is -2.16. The van der Waals surface area contributed by atoms with E-state index in [0.29, 0.717) is 30.9 Å². The maximum Gasteiger partial charge on any atom is 0.323 e. The molecule has 0 radical (unpaired) electrons. The van der Waals surface area contributed by atoms with E-state index < -0.39 is 12.0 Å². The van der Waals surface area contributed by atoms with Crippen molar-refractivity contribution < 1.29 is 19.1 Å². The van der Waals surface area contributed by atoms with Crippen molar-refractivity contribution in [1.29, 1.82) is 0 Å². The summed E-state index contributed by atoms with van der Waals surface area (Å²) in [6.45, 7) is 0.899. The molecular formula is C22H25ClFN3O3S. The molecule has 166 valence electrons. The number of carbonyl (C=O) groups is 2. The lowest BCUT2D eigenvalue weighted by molar-refractivity contribution is -0.137. The summed E-state index contributed by atoms with van der Waals surface area (Å²) in [6, 6.07) is 5.85. The highest BCUT2D eigenvalue weighted by molar-refractivity contribution is 7.81. The molecule has 6 nitrogen and oxygen atoms in total. The number of hydrogen-bond donors (Lipinski definition) is 2. The summed E-state index contributed by atoms with van der Waals surface area (Å²) in [6.07, 6.45) is 7.45. The second kappa shape index (κ2) is 9.97. The number of benzene rings is 1. The molecule has 1 aliphatic heterocycles. The van der Waals surface area contributed by atoms with Crippen molar-refractivity contribution in [1.82, 2.24) is 14.5 Å². The third-order valence-electron chi connectivity index (χ3n) is 5.69. The Kier molecular flexibility index (Phi) is 7.56. The minimum absolute atomic E-state index is 0. The van der Waals surface area contributed by atoms with E-state index >= 15 is 0 Å². The van der Waals surface area contributed by atoms with Crippen molar-refractivity contribution in [2.45, 2.75) is 37.1 Å². The van der Waals surface area contributed by atoms with E-state index in [4.69, 9.17) is 5.11 Å². The van der Waals surface area contributed by atoms with Crippen LogP contribution >= 0.6 is 25.0 Å². The van der Waals surface area contributed by atoms with Crippen LogP contribution in [0.1, 0.15) is 36.7 Å². The fraction of sp³-hybridized carbons (Fsp3) is 0.409. The molecule has 1 aliphatic carbocycles. The summed E-state index contributed by atoms with van der Waals surface area (Å²) >= 11 is 4.69. The number of hydrogen-bond acceptors (Lipinski definition) is 5. The number of carbonyl (C=O) groups excluding carboxylic acids is 1. The van der Waals surface area contributed by atoms with Crippen LogP contribution < -0.4 is 0 Å². The molecule has 1 saturated carbocycles. The van der Waals surface area contributed by atoms with E-state index in [-0.39, 0.29) is 41.7 Å². The highest BCUT2D eigenvalue weighted by atomic mass is 35.5. The van der Waals surface area contributed by atoms with E-state index in [9.17, 15) is 14.0 Å². The molecule has 2 aliphatic rings. The number of ketones is 1. The van der Waals surface area contributed by atoms with Crippen LogP contribution in [0, 0.1) is 11.7 Å². The summed E-state index contributed by atoms with van der Waals surface area (Å²) in [4.78, 5) is 30.5. The molecule has 2 atom stereocenters. The molecule has 31 heavy (non-hydrogen) atoms. The Morgan fingerprint density at radius 1 is 1.29 bits per heavy atom. The molecule has 2 heterocycles. The van der Waals surface area contributed by atoms with Crippen molar-refractivity contribution in [2.75, 3.05) is 13.1 Å². The molecule has 0 bridgehead atoms. The number of aromatic nitrogens is 2.